The molecule has 1 aliphatic heterocycles. The van der Waals surface area contributed by atoms with Crippen LogP contribution >= 0.6 is 0 Å². The minimum atomic E-state index is -3.92. The lowest BCUT2D eigenvalue weighted by Gasteiger charge is -2.35. The number of anilines is 2. The zero-order chi connectivity index (χ0) is 24.4. The predicted molar refractivity (Wildman–Crippen MR) is 130 cm³/mol. The highest BCUT2D eigenvalue weighted by Crippen LogP contribution is 2.40. The third-order valence-corrected chi connectivity index (χ3v) is 7.44. The fraction of sp³-hybridized carbons (Fsp3) is 0.250. The summed E-state index contributed by atoms with van der Waals surface area (Å²) in [5.41, 5.74) is 2.60. The van der Waals surface area contributed by atoms with Gasteiger partial charge in [-0.3, -0.25) is 4.72 Å². The molecule has 1 N–H and O–H groups in total. The Hall–Kier alpha value is -3.86. The third-order valence-electron chi connectivity index (χ3n) is 6.15. The van der Waals surface area contributed by atoms with E-state index in [-0.39, 0.29) is 10.9 Å². The predicted octanol–water partition coefficient (Wildman–Crippen LogP) is 3.60. The van der Waals surface area contributed by atoms with E-state index in [9.17, 15) is 12.8 Å². The number of hydrogen-bond donors (Lipinski definition) is 1. The second-order valence-electron chi connectivity index (χ2n) is 8.41. The molecule has 4 aromatic rings. The summed E-state index contributed by atoms with van der Waals surface area (Å²) in [6.45, 7) is 1.36. The molecule has 35 heavy (non-hydrogen) atoms. The molecular weight excluding hydrogens is 469 g/mol. The minimum absolute atomic E-state index is 0.0687. The van der Waals surface area contributed by atoms with Crippen molar-refractivity contribution in [2.24, 2.45) is 7.05 Å². The molecule has 0 unspecified atom stereocenters. The molecule has 0 saturated carbocycles. The Morgan fingerprint density at radius 1 is 1.03 bits per heavy atom. The first-order valence-corrected chi connectivity index (χ1v) is 12.7. The van der Waals surface area contributed by atoms with Gasteiger partial charge < -0.3 is 9.47 Å². The Labute approximate surface area is 202 Å². The third kappa shape index (κ3) is 4.72. The topological polar surface area (TPSA) is 106 Å². The van der Waals surface area contributed by atoms with Crippen LogP contribution in [-0.2, 0) is 17.1 Å². The SMILES string of the molecule is Cn1cnnc1C1CCN(c2c(NS(=O)(=O)c3ccccn3)cccc2-c2ccc(F)nc2)CC1. The van der Waals surface area contributed by atoms with Crippen molar-refractivity contribution in [1.29, 1.82) is 0 Å². The summed E-state index contributed by atoms with van der Waals surface area (Å²) in [6, 6.07) is 13.1. The van der Waals surface area contributed by atoms with E-state index in [4.69, 9.17) is 0 Å². The molecule has 1 fully saturated rings. The van der Waals surface area contributed by atoms with Gasteiger partial charge in [0.2, 0.25) is 5.95 Å². The van der Waals surface area contributed by atoms with Crippen LogP contribution in [0.25, 0.3) is 11.1 Å². The van der Waals surface area contributed by atoms with Gasteiger partial charge in [0.1, 0.15) is 12.2 Å². The van der Waals surface area contributed by atoms with E-state index in [1.807, 2.05) is 17.7 Å². The average Bonchev–Trinajstić information content (AvgIpc) is 3.31. The van der Waals surface area contributed by atoms with Crippen LogP contribution < -0.4 is 9.62 Å². The van der Waals surface area contributed by atoms with Crippen LogP contribution in [0.5, 0.6) is 0 Å². The molecule has 11 heteroatoms. The van der Waals surface area contributed by atoms with Gasteiger partial charge in [0.05, 0.1) is 11.4 Å². The van der Waals surface area contributed by atoms with Gasteiger partial charge in [-0.1, -0.05) is 18.2 Å². The summed E-state index contributed by atoms with van der Waals surface area (Å²) in [6.07, 6.45) is 6.25. The quantitative estimate of drug-likeness (QED) is 0.409. The van der Waals surface area contributed by atoms with Crippen LogP contribution in [0, 0.1) is 5.95 Å². The zero-order valence-corrected chi connectivity index (χ0v) is 19.9. The molecule has 1 saturated heterocycles. The number of piperidine rings is 1. The molecule has 9 nitrogen and oxygen atoms in total. The first-order chi connectivity index (χ1) is 16.9. The van der Waals surface area contributed by atoms with Crippen LogP contribution in [0.15, 0.2) is 72.3 Å². The summed E-state index contributed by atoms with van der Waals surface area (Å²) in [4.78, 5) is 9.95. The van der Waals surface area contributed by atoms with Crippen molar-refractivity contribution in [2.45, 2.75) is 23.8 Å². The monoisotopic (exact) mass is 493 g/mol. The van der Waals surface area contributed by atoms with Crippen molar-refractivity contribution in [1.82, 2.24) is 24.7 Å². The number of para-hydroxylation sites is 1. The Morgan fingerprint density at radius 2 is 1.86 bits per heavy atom. The van der Waals surface area contributed by atoms with E-state index in [2.05, 4.69) is 29.8 Å². The lowest BCUT2D eigenvalue weighted by Crippen LogP contribution is -2.34. The van der Waals surface area contributed by atoms with E-state index in [1.54, 1.807) is 36.7 Å². The number of aromatic nitrogens is 5. The van der Waals surface area contributed by atoms with Crippen LogP contribution in [0.1, 0.15) is 24.6 Å². The van der Waals surface area contributed by atoms with E-state index in [0.29, 0.717) is 24.3 Å². The number of pyridine rings is 2. The average molecular weight is 494 g/mol. The number of aryl methyl sites for hydroxylation is 1. The highest BCUT2D eigenvalue weighted by atomic mass is 32.2. The molecule has 0 radical (unpaired) electrons. The number of nitrogens with zero attached hydrogens (tertiary/aromatic N) is 6. The van der Waals surface area contributed by atoms with Gasteiger partial charge in [0.15, 0.2) is 5.03 Å². The van der Waals surface area contributed by atoms with Crippen molar-refractivity contribution >= 4 is 21.4 Å². The fourth-order valence-corrected chi connectivity index (χ4v) is 5.48. The van der Waals surface area contributed by atoms with E-state index in [1.165, 1.54) is 24.5 Å². The summed E-state index contributed by atoms with van der Waals surface area (Å²) in [5, 5.41) is 8.19. The van der Waals surface area contributed by atoms with Gasteiger partial charge >= 0.3 is 0 Å². The van der Waals surface area contributed by atoms with Crippen molar-refractivity contribution in [2.75, 3.05) is 22.7 Å². The van der Waals surface area contributed by atoms with Crippen molar-refractivity contribution in [3.05, 3.63) is 79.0 Å². The lowest BCUT2D eigenvalue weighted by molar-refractivity contribution is 0.474. The largest absolute Gasteiger partial charge is 0.369 e. The summed E-state index contributed by atoms with van der Waals surface area (Å²) < 4.78 is 44.4. The van der Waals surface area contributed by atoms with Gasteiger partial charge in [-0.2, -0.15) is 12.8 Å². The van der Waals surface area contributed by atoms with Gasteiger partial charge in [-0.05, 0) is 43.2 Å². The van der Waals surface area contributed by atoms with Crippen molar-refractivity contribution in [3.63, 3.8) is 0 Å². The van der Waals surface area contributed by atoms with Crippen LogP contribution in [-0.4, -0.2) is 46.2 Å². The Bertz CT molecular complexity index is 1420. The van der Waals surface area contributed by atoms with Crippen LogP contribution in [0.4, 0.5) is 15.8 Å². The fourth-order valence-electron chi connectivity index (χ4n) is 4.46. The maximum atomic E-state index is 13.5. The standard InChI is InChI=1S/C24H24FN7O2S/c1-31-16-28-29-24(31)17-10-13-32(14-11-17)23-19(18-8-9-21(25)27-15-18)5-4-6-20(23)30-35(33,34)22-7-2-3-12-26-22/h2-9,12,15-17,30H,10-11,13-14H2,1H3. The molecule has 0 amide bonds. The number of halogens is 1. The van der Waals surface area contributed by atoms with Crippen molar-refractivity contribution in [3.8, 4) is 11.1 Å². The maximum absolute atomic E-state index is 13.5. The van der Waals surface area contributed by atoms with Gasteiger partial charge in [0, 0.05) is 49.6 Å². The Kier molecular flexibility index (Phi) is 6.16. The molecular formula is C24H24FN7O2S. The van der Waals surface area contributed by atoms with Gasteiger partial charge in [-0.25, -0.2) is 9.97 Å². The number of nitrogens with one attached hydrogen (secondary N) is 1. The van der Waals surface area contributed by atoms with E-state index < -0.39 is 16.0 Å². The second-order valence-corrected chi connectivity index (χ2v) is 10.0. The molecule has 5 rings (SSSR count). The molecule has 1 aliphatic rings. The van der Waals surface area contributed by atoms with Crippen LogP contribution in [0.2, 0.25) is 0 Å². The van der Waals surface area contributed by atoms with E-state index >= 15 is 0 Å². The molecule has 180 valence electrons. The Morgan fingerprint density at radius 3 is 2.51 bits per heavy atom. The minimum Gasteiger partial charge on any atom is -0.369 e. The molecule has 0 spiro atoms. The first-order valence-electron chi connectivity index (χ1n) is 11.2. The maximum Gasteiger partial charge on any atom is 0.279 e. The molecule has 3 aromatic heterocycles. The number of sulfonamides is 1. The Balaban J connectivity index is 1.52. The summed E-state index contributed by atoms with van der Waals surface area (Å²) in [7, 11) is -1.98. The molecule has 0 atom stereocenters. The zero-order valence-electron chi connectivity index (χ0n) is 19.0. The molecule has 0 bridgehead atoms. The highest BCUT2D eigenvalue weighted by Gasteiger charge is 2.28. The molecule has 0 aliphatic carbocycles. The van der Waals surface area contributed by atoms with Crippen molar-refractivity contribution < 1.29 is 12.8 Å². The summed E-state index contributed by atoms with van der Waals surface area (Å²) in [5.74, 6) is 0.621. The normalized spacial score (nSPS) is 14.7. The lowest BCUT2D eigenvalue weighted by atomic mass is 9.94. The molecule has 1 aromatic carbocycles. The smallest absolute Gasteiger partial charge is 0.279 e. The number of benzene rings is 1. The number of rotatable bonds is 6. The second kappa shape index (κ2) is 9.41. The highest BCUT2D eigenvalue weighted by molar-refractivity contribution is 7.92. The molecule has 4 heterocycles. The van der Waals surface area contributed by atoms with Gasteiger partial charge in [0.25, 0.3) is 10.0 Å². The summed E-state index contributed by atoms with van der Waals surface area (Å²) >= 11 is 0. The van der Waals surface area contributed by atoms with Gasteiger partial charge in [-0.15, -0.1) is 10.2 Å². The van der Waals surface area contributed by atoms with Crippen LogP contribution in [0.3, 0.4) is 0 Å². The first kappa shape index (κ1) is 22.9. The van der Waals surface area contributed by atoms with E-state index in [0.717, 1.165) is 29.9 Å². The number of hydrogen-bond acceptors (Lipinski definition) is 7.